The van der Waals surface area contributed by atoms with Crippen LogP contribution in [0.3, 0.4) is 0 Å². The van der Waals surface area contributed by atoms with Crippen molar-refractivity contribution >= 4 is 17.4 Å². The molecular formula is C4H4N2OS. The SMILES string of the molecule is C=Cc1nnc(O)s1. The third kappa shape index (κ3) is 0.840. The fraction of sp³-hybridized carbons (Fsp3) is 0. The van der Waals surface area contributed by atoms with E-state index < -0.39 is 0 Å². The van der Waals surface area contributed by atoms with E-state index in [2.05, 4.69) is 16.8 Å². The molecule has 0 saturated carbocycles. The molecule has 1 heterocycles. The molecule has 0 aromatic carbocycles. The van der Waals surface area contributed by atoms with E-state index in [0.29, 0.717) is 5.01 Å². The van der Waals surface area contributed by atoms with Gasteiger partial charge in [-0.1, -0.05) is 23.0 Å². The van der Waals surface area contributed by atoms with Crippen LogP contribution >= 0.6 is 11.3 Å². The second-order valence-corrected chi connectivity index (χ2v) is 2.11. The third-order valence-corrected chi connectivity index (χ3v) is 1.33. The summed E-state index contributed by atoms with van der Waals surface area (Å²) in [5.74, 6) is 0. The smallest absolute Gasteiger partial charge is 0.291 e. The van der Waals surface area contributed by atoms with Crippen LogP contribution < -0.4 is 0 Å². The van der Waals surface area contributed by atoms with Crippen LogP contribution in [0.25, 0.3) is 6.08 Å². The monoisotopic (exact) mass is 128 g/mol. The zero-order valence-electron chi connectivity index (χ0n) is 4.03. The maximum absolute atomic E-state index is 8.58. The lowest BCUT2D eigenvalue weighted by atomic mass is 10.7. The Kier molecular flexibility index (Phi) is 1.26. The van der Waals surface area contributed by atoms with Crippen molar-refractivity contribution in [1.82, 2.24) is 10.2 Å². The van der Waals surface area contributed by atoms with Gasteiger partial charge in [-0.05, 0) is 6.08 Å². The van der Waals surface area contributed by atoms with Crippen molar-refractivity contribution in [2.45, 2.75) is 0 Å². The van der Waals surface area contributed by atoms with Crippen molar-refractivity contribution in [3.05, 3.63) is 11.6 Å². The highest BCUT2D eigenvalue weighted by Gasteiger charge is 1.93. The van der Waals surface area contributed by atoms with Gasteiger partial charge in [0, 0.05) is 0 Å². The van der Waals surface area contributed by atoms with E-state index in [0.717, 1.165) is 11.3 Å². The molecule has 0 unspecified atom stereocenters. The molecule has 0 atom stereocenters. The van der Waals surface area contributed by atoms with E-state index in [4.69, 9.17) is 5.11 Å². The van der Waals surface area contributed by atoms with Crippen LogP contribution in [0.4, 0.5) is 0 Å². The Balaban J connectivity index is 3.00. The van der Waals surface area contributed by atoms with Crippen LogP contribution in [0, 0.1) is 0 Å². The number of rotatable bonds is 1. The van der Waals surface area contributed by atoms with Crippen LogP contribution in [0.1, 0.15) is 5.01 Å². The first-order valence-electron chi connectivity index (χ1n) is 1.98. The average Bonchev–Trinajstić information content (AvgIpc) is 2.14. The molecule has 1 rings (SSSR count). The molecule has 0 spiro atoms. The standard InChI is InChI=1S/C4H4N2OS/c1-2-3-5-6-4(7)8-3/h2H,1H2,(H,6,7). The molecule has 8 heavy (non-hydrogen) atoms. The molecule has 1 aromatic rings. The van der Waals surface area contributed by atoms with Gasteiger partial charge in [-0.15, -0.1) is 5.10 Å². The van der Waals surface area contributed by atoms with E-state index >= 15 is 0 Å². The first kappa shape index (κ1) is 5.24. The first-order valence-corrected chi connectivity index (χ1v) is 2.79. The van der Waals surface area contributed by atoms with E-state index in [1.54, 1.807) is 0 Å². The Morgan fingerprint density at radius 3 is 2.62 bits per heavy atom. The molecule has 42 valence electrons. The average molecular weight is 128 g/mol. The highest BCUT2D eigenvalue weighted by molar-refractivity contribution is 7.13. The molecular weight excluding hydrogens is 124 g/mol. The van der Waals surface area contributed by atoms with Gasteiger partial charge in [0.2, 0.25) is 0 Å². The summed E-state index contributed by atoms with van der Waals surface area (Å²) in [7, 11) is 0. The number of aromatic hydroxyl groups is 1. The number of aromatic nitrogens is 2. The fourth-order valence-corrected chi connectivity index (χ4v) is 0.743. The van der Waals surface area contributed by atoms with Gasteiger partial charge < -0.3 is 5.11 Å². The largest absolute Gasteiger partial charge is 0.485 e. The first-order chi connectivity index (χ1) is 3.83. The third-order valence-electron chi connectivity index (χ3n) is 0.605. The maximum Gasteiger partial charge on any atom is 0.291 e. The van der Waals surface area contributed by atoms with Gasteiger partial charge in [0.1, 0.15) is 5.01 Å². The molecule has 0 fully saturated rings. The molecule has 4 heteroatoms. The van der Waals surface area contributed by atoms with Crippen LogP contribution in [-0.4, -0.2) is 15.3 Å². The Bertz CT molecular complexity index is 196. The van der Waals surface area contributed by atoms with Gasteiger partial charge in [0.25, 0.3) is 5.19 Å². The van der Waals surface area contributed by atoms with Crippen LogP contribution in [0.5, 0.6) is 5.19 Å². The molecule has 0 aliphatic carbocycles. The summed E-state index contributed by atoms with van der Waals surface area (Å²) in [6.07, 6.45) is 1.54. The molecule has 0 aliphatic rings. The summed E-state index contributed by atoms with van der Waals surface area (Å²) in [5.41, 5.74) is 0. The summed E-state index contributed by atoms with van der Waals surface area (Å²) in [6.45, 7) is 3.44. The lowest BCUT2D eigenvalue weighted by molar-refractivity contribution is 0.465. The van der Waals surface area contributed by atoms with Gasteiger partial charge in [-0.3, -0.25) is 0 Å². The molecule has 3 nitrogen and oxygen atoms in total. The molecule has 0 radical (unpaired) electrons. The van der Waals surface area contributed by atoms with E-state index in [9.17, 15) is 0 Å². The quantitative estimate of drug-likeness (QED) is 0.610. The number of nitrogens with zero attached hydrogens (tertiary/aromatic N) is 2. The lowest BCUT2D eigenvalue weighted by Gasteiger charge is -1.68. The Morgan fingerprint density at radius 2 is 2.38 bits per heavy atom. The van der Waals surface area contributed by atoms with Crippen LogP contribution in [0.2, 0.25) is 0 Å². The number of hydrogen-bond acceptors (Lipinski definition) is 4. The summed E-state index contributed by atoms with van der Waals surface area (Å²) in [6, 6.07) is 0. The zero-order valence-corrected chi connectivity index (χ0v) is 4.85. The van der Waals surface area contributed by atoms with Gasteiger partial charge in [0.15, 0.2) is 0 Å². The van der Waals surface area contributed by atoms with Crippen molar-refractivity contribution in [3.63, 3.8) is 0 Å². The Hall–Kier alpha value is -0.900. The summed E-state index contributed by atoms with van der Waals surface area (Å²) in [5, 5.41) is 16.1. The van der Waals surface area contributed by atoms with E-state index in [1.165, 1.54) is 6.08 Å². The van der Waals surface area contributed by atoms with Gasteiger partial charge in [-0.2, -0.15) is 0 Å². The van der Waals surface area contributed by atoms with Crippen molar-refractivity contribution in [2.24, 2.45) is 0 Å². The van der Waals surface area contributed by atoms with E-state index in [1.807, 2.05) is 0 Å². The van der Waals surface area contributed by atoms with Crippen molar-refractivity contribution in [3.8, 4) is 5.19 Å². The summed E-state index contributed by atoms with van der Waals surface area (Å²) < 4.78 is 0. The van der Waals surface area contributed by atoms with Crippen molar-refractivity contribution in [2.75, 3.05) is 0 Å². The molecule has 0 saturated heterocycles. The minimum absolute atomic E-state index is 0.0140. The lowest BCUT2D eigenvalue weighted by Crippen LogP contribution is -1.66. The highest BCUT2D eigenvalue weighted by Crippen LogP contribution is 2.15. The van der Waals surface area contributed by atoms with Crippen molar-refractivity contribution in [1.29, 1.82) is 0 Å². The topological polar surface area (TPSA) is 46.0 Å². The fourth-order valence-electron chi connectivity index (χ4n) is 0.309. The predicted molar refractivity (Wildman–Crippen MR) is 31.7 cm³/mol. The van der Waals surface area contributed by atoms with Gasteiger partial charge in [0.05, 0.1) is 0 Å². The summed E-state index contributed by atoms with van der Waals surface area (Å²) in [4.78, 5) is 0. The van der Waals surface area contributed by atoms with Crippen LogP contribution in [-0.2, 0) is 0 Å². The number of hydrogen-bond donors (Lipinski definition) is 1. The Morgan fingerprint density at radius 1 is 1.62 bits per heavy atom. The molecule has 0 amide bonds. The second-order valence-electron chi connectivity index (χ2n) is 1.13. The minimum Gasteiger partial charge on any atom is -0.485 e. The van der Waals surface area contributed by atoms with Gasteiger partial charge in [-0.25, -0.2) is 0 Å². The molecule has 1 aromatic heterocycles. The Labute approximate surface area is 50.3 Å². The highest BCUT2D eigenvalue weighted by atomic mass is 32.1. The summed E-state index contributed by atoms with van der Waals surface area (Å²) >= 11 is 1.10. The van der Waals surface area contributed by atoms with E-state index in [-0.39, 0.29) is 5.19 Å². The van der Waals surface area contributed by atoms with Crippen LogP contribution in [0.15, 0.2) is 6.58 Å². The zero-order chi connectivity index (χ0) is 5.98. The maximum atomic E-state index is 8.58. The normalized spacial score (nSPS) is 9.00. The molecule has 0 aliphatic heterocycles. The second kappa shape index (κ2) is 1.92. The predicted octanol–water partition coefficient (Wildman–Crippen LogP) is 0.887. The van der Waals surface area contributed by atoms with Gasteiger partial charge >= 0.3 is 0 Å². The molecule has 0 bridgehead atoms. The minimum atomic E-state index is -0.0140. The molecule has 1 N–H and O–H groups in total. The van der Waals surface area contributed by atoms with Crippen molar-refractivity contribution < 1.29 is 5.11 Å².